The van der Waals surface area contributed by atoms with Gasteiger partial charge in [0.25, 0.3) is 0 Å². The zero-order valence-electron chi connectivity index (χ0n) is 24.5. The third kappa shape index (κ3) is 7.87. The van der Waals surface area contributed by atoms with Gasteiger partial charge in [-0.1, -0.05) is 76.2 Å². The van der Waals surface area contributed by atoms with Crippen molar-refractivity contribution in [3.8, 4) is 32.0 Å². The van der Waals surface area contributed by atoms with Gasteiger partial charge in [0, 0.05) is 18.9 Å². The normalized spacial score (nSPS) is 12.1. The fourth-order valence-corrected chi connectivity index (χ4v) is 6.49. The number of rotatable bonds is 14. The lowest BCUT2D eigenvalue weighted by Crippen LogP contribution is -2.48. The average molecular weight is 590 g/mol. The largest absolute Gasteiger partial charge is 0.347 e. The van der Waals surface area contributed by atoms with Crippen molar-refractivity contribution in [2.24, 2.45) is 5.92 Å². The summed E-state index contributed by atoms with van der Waals surface area (Å²) in [6.45, 7) is 11.0. The highest BCUT2D eigenvalue weighted by Gasteiger charge is 2.27. The lowest BCUT2D eigenvalue weighted by atomic mass is 10.0. The van der Waals surface area contributed by atoms with Crippen LogP contribution in [0.2, 0.25) is 0 Å². The van der Waals surface area contributed by atoms with Gasteiger partial charge in [0.1, 0.15) is 16.1 Å². The number of nitrogens with one attached hydrogen (secondary N) is 1. The maximum atomic E-state index is 13.1. The minimum atomic E-state index is -0.535. The zero-order chi connectivity index (χ0) is 29.4. The van der Waals surface area contributed by atoms with E-state index in [0.29, 0.717) is 19.5 Å². The molecule has 4 rings (SSSR count). The first kappa shape index (κ1) is 30.6. The van der Waals surface area contributed by atoms with Crippen molar-refractivity contribution in [2.75, 3.05) is 20.1 Å². The van der Waals surface area contributed by atoms with Gasteiger partial charge >= 0.3 is 0 Å². The second-order valence-corrected chi connectivity index (χ2v) is 12.7. The molecule has 0 bridgehead atoms. The van der Waals surface area contributed by atoms with E-state index < -0.39 is 6.04 Å². The number of benzene rings is 2. The van der Waals surface area contributed by atoms with Crippen molar-refractivity contribution in [1.82, 2.24) is 25.1 Å². The highest BCUT2D eigenvalue weighted by Crippen LogP contribution is 2.32. The summed E-state index contributed by atoms with van der Waals surface area (Å²) in [5, 5.41) is 4.70. The lowest BCUT2D eigenvalue weighted by Gasteiger charge is -2.28. The summed E-state index contributed by atoms with van der Waals surface area (Å²) >= 11 is 3.35. The van der Waals surface area contributed by atoms with Crippen LogP contribution in [0.4, 0.5) is 0 Å². The highest BCUT2D eigenvalue weighted by molar-refractivity contribution is 7.15. The number of hydrogen-bond acceptors (Lipinski definition) is 7. The van der Waals surface area contributed by atoms with Crippen LogP contribution in [-0.2, 0) is 22.7 Å². The molecule has 0 saturated carbocycles. The molecule has 2 amide bonds. The van der Waals surface area contributed by atoms with Gasteiger partial charge in [0.05, 0.1) is 22.8 Å². The molecule has 1 N–H and O–H groups in total. The predicted octanol–water partition coefficient (Wildman–Crippen LogP) is 6.56. The van der Waals surface area contributed by atoms with Crippen LogP contribution in [0.25, 0.3) is 32.0 Å². The first-order valence-electron chi connectivity index (χ1n) is 14.1. The lowest BCUT2D eigenvalue weighted by molar-refractivity contribution is -0.136. The van der Waals surface area contributed by atoms with Gasteiger partial charge < -0.3 is 10.2 Å². The number of thiazole rings is 2. The van der Waals surface area contributed by atoms with Gasteiger partial charge in [-0.25, -0.2) is 9.97 Å². The van der Waals surface area contributed by atoms with E-state index in [1.54, 1.807) is 27.6 Å². The van der Waals surface area contributed by atoms with Gasteiger partial charge in [-0.15, -0.1) is 22.7 Å². The van der Waals surface area contributed by atoms with E-state index in [0.717, 1.165) is 51.1 Å². The molecule has 0 saturated heterocycles. The van der Waals surface area contributed by atoms with E-state index in [1.807, 2.05) is 33.2 Å². The molecule has 0 aliphatic heterocycles. The van der Waals surface area contributed by atoms with Crippen molar-refractivity contribution in [3.05, 3.63) is 70.9 Å². The summed E-state index contributed by atoms with van der Waals surface area (Å²) in [5.74, 6) is -0.0621. The maximum absolute atomic E-state index is 13.1. The number of hydrogen-bond donors (Lipinski definition) is 1. The molecule has 9 heteroatoms. The molecule has 2 aromatic carbocycles. The Hall–Kier alpha value is -3.40. The highest BCUT2D eigenvalue weighted by atomic mass is 32.1. The molecule has 1 atom stereocenters. The van der Waals surface area contributed by atoms with Crippen LogP contribution in [0.5, 0.6) is 0 Å². The van der Waals surface area contributed by atoms with Crippen LogP contribution in [0, 0.1) is 5.92 Å². The molecule has 2 aromatic heterocycles. The molecule has 4 aromatic rings. The molecular formula is C32H39N5O2S2. The summed E-state index contributed by atoms with van der Waals surface area (Å²) in [7, 11) is 2.11. The molecule has 0 fully saturated rings. The fraction of sp³-hybridized carbons (Fsp3) is 0.375. The second kappa shape index (κ2) is 14.5. The molecule has 2 heterocycles. The Bertz CT molecular complexity index is 1410. The monoisotopic (exact) mass is 589 g/mol. The summed E-state index contributed by atoms with van der Waals surface area (Å²) in [5.41, 5.74) is 4.60. The fourth-order valence-electron chi connectivity index (χ4n) is 4.55. The molecule has 7 nitrogen and oxygen atoms in total. The molecule has 41 heavy (non-hydrogen) atoms. The van der Waals surface area contributed by atoms with Crippen LogP contribution in [0.3, 0.4) is 0 Å². The van der Waals surface area contributed by atoms with Crippen molar-refractivity contribution < 1.29 is 9.59 Å². The molecular weight excluding hydrogens is 551 g/mol. The Morgan fingerprint density at radius 2 is 1.34 bits per heavy atom. The quantitative estimate of drug-likeness (QED) is 0.169. The molecule has 0 radical (unpaired) electrons. The number of nitrogens with zero attached hydrogens (tertiary/aromatic N) is 4. The van der Waals surface area contributed by atoms with Crippen molar-refractivity contribution in [1.29, 1.82) is 0 Å². The number of carbonyl (C=O) groups excluding carboxylic acids is 2. The van der Waals surface area contributed by atoms with E-state index in [2.05, 4.69) is 82.7 Å². The molecule has 0 unspecified atom stereocenters. The van der Waals surface area contributed by atoms with Gasteiger partial charge in [0.15, 0.2) is 0 Å². The maximum Gasteiger partial charge on any atom is 0.245 e. The van der Waals surface area contributed by atoms with Crippen molar-refractivity contribution in [3.63, 3.8) is 0 Å². The molecule has 0 spiro atoms. The Morgan fingerprint density at radius 1 is 0.854 bits per heavy atom. The average Bonchev–Trinajstić information content (AvgIpc) is 3.65. The van der Waals surface area contributed by atoms with Crippen LogP contribution in [0.1, 0.15) is 44.1 Å². The summed E-state index contributed by atoms with van der Waals surface area (Å²) in [6.07, 6.45) is 5.29. The van der Waals surface area contributed by atoms with Gasteiger partial charge in [-0.2, -0.15) is 0 Å². The molecule has 0 aliphatic carbocycles. The number of carbonyl (C=O) groups is 2. The summed E-state index contributed by atoms with van der Waals surface area (Å²) in [6, 6.07) is 16.6. The predicted molar refractivity (Wildman–Crippen MR) is 170 cm³/mol. The van der Waals surface area contributed by atoms with Crippen LogP contribution < -0.4 is 5.32 Å². The van der Waals surface area contributed by atoms with Gasteiger partial charge in [-0.05, 0) is 48.2 Å². The SMILES string of the molecule is CCCN(Cc1ncc(-c2ccc(-c3ccc(-c4cnc(CN(C)CC)s4)cc3)cc2)s1)C(=O)[C@@H](NC=O)C(C)C. The van der Waals surface area contributed by atoms with Crippen LogP contribution >= 0.6 is 22.7 Å². The summed E-state index contributed by atoms with van der Waals surface area (Å²) < 4.78 is 0. The first-order chi connectivity index (χ1) is 19.8. The Kier molecular flexibility index (Phi) is 10.8. The minimum absolute atomic E-state index is 0.00651. The third-order valence-electron chi connectivity index (χ3n) is 7.04. The van der Waals surface area contributed by atoms with E-state index >= 15 is 0 Å². The van der Waals surface area contributed by atoms with Crippen LogP contribution in [-0.4, -0.2) is 58.3 Å². The minimum Gasteiger partial charge on any atom is -0.347 e. The standard InChI is InChI=1S/C32H39N5O2S2/c1-6-16-37(32(39)31(22(3)4)35-21-38)20-30-34-18-28(41-30)26-14-10-24(11-15-26)23-8-12-25(13-9-23)27-17-33-29(40-27)19-36(5)7-2/h8-15,17-18,21-22,31H,6-7,16,19-20H2,1-5H3,(H,35,38)/t31-/m0/s1. The smallest absolute Gasteiger partial charge is 0.245 e. The second-order valence-electron chi connectivity index (χ2n) is 10.5. The molecule has 0 aliphatic rings. The van der Waals surface area contributed by atoms with Crippen molar-refractivity contribution in [2.45, 2.75) is 53.2 Å². The number of aromatic nitrogens is 2. The summed E-state index contributed by atoms with van der Waals surface area (Å²) in [4.78, 5) is 39.7. The number of amides is 2. The van der Waals surface area contributed by atoms with E-state index in [1.165, 1.54) is 10.4 Å². The van der Waals surface area contributed by atoms with E-state index in [-0.39, 0.29) is 11.8 Å². The Balaban J connectivity index is 1.42. The topological polar surface area (TPSA) is 78.4 Å². The van der Waals surface area contributed by atoms with Crippen molar-refractivity contribution >= 4 is 35.0 Å². The van der Waals surface area contributed by atoms with Crippen LogP contribution in [0.15, 0.2) is 60.9 Å². The Labute approximate surface area is 251 Å². The zero-order valence-corrected chi connectivity index (χ0v) is 26.1. The van der Waals surface area contributed by atoms with E-state index in [9.17, 15) is 9.59 Å². The molecule has 216 valence electrons. The van der Waals surface area contributed by atoms with E-state index in [4.69, 9.17) is 0 Å². The Morgan fingerprint density at radius 3 is 1.78 bits per heavy atom. The van der Waals surface area contributed by atoms with Gasteiger partial charge in [0.2, 0.25) is 12.3 Å². The van der Waals surface area contributed by atoms with Gasteiger partial charge in [-0.3, -0.25) is 14.5 Å². The third-order valence-corrected chi connectivity index (χ3v) is 9.10. The first-order valence-corrected chi connectivity index (χ1v) is 15.7.